The number of hydrogen-bond donors (Lipinski definition) is 2. The lowest BCUT2D eigenvalue weighted by molar-refractivity contribution is 0.0341. The molecule has 2 N–H and O–H groups in total. The molecule has 0 saturated carbocycles. The van der Waals surface area contributed by atoms with Crippen LogP contribution in [0, 0.1) is 0 Å². The van der Waals surface area contributed by atoms with Gasteiger partial charge < -0.3 is 15.4 Å². The van der Waals surface area contributed by atoms with Crippen LogP contribution < -0.4 is 10.6 Å². The van der Waals surface area contributed by atoms with Crippen molar-refractivity contribution in [3.63, 3.8) is 0 Å². The Morgan fingerprint density at radius 3 is 2.31 bits per heavy atom. The van der Waals surface area contributed by atoms with E-state index >= 15 is 0 Å². The molecule has 0 aromatic heterocycles. The number of morpholine rings is 1. The van der Waals surface area contributed by atoms with Crippen molar-refractivity contribution in [2.24, 2.45) is 4.99 Å². The minimum atomic E-state index is 0.367. The summed E-state index contributed by atoms with van der Waals surface area (Å²) in [6, 6.07) is 19.9. The molecule has 0 bridgehead atoms. The van der Waals surface area contributed by atoms with Crippen LogP contribution >= 0.6 is 0 Å². The van der Waals surface area contributed by atoms with Crippen molar-refractivity contribution in [1.29, 1.82) is 0 Å². The van der Waals surface area contributed by atoms with E-state index in [0.717, 1.165) is 51.9 Å². The molecule has 2 aromatic rings. The molecule has 1 atom stereocenters. The Kier molecular flexibility index (Phi) is 8.54. The molecule has 0 amide bonds. The molecule has 6 heteroatoms. The molecular formula is C26H37N5O. The largest absolute Gasteiger partial charge is 0.379 e. The van der Waals surface area contributed by atoms with E-state index in [1.54, 1.807) is 0 Å². The fourth-order valence-electron chi connectivity index (χ4n) is 4.66. The lowest BCUT2D eigenvalue weighted by Gasteiger charge is -2.29. The van der Waals surface area contributed by atoms with Crippen LogP contribution in [0.2, 0.25) is 0 Å². The predicted molar refractivity (Wildman–Crippen MR) is 131 cm³/mol. The smallest absolute Gasteiger partial charge is 0.191 e. The summed E-state index contributed by atoms with van der Waals surface area (Å²) in [6.45, 7) is 8.58. The van der Waals surface area contributed by atoms with E-state index in [9.17, 15) is 0 Å². The highest BCUT2D eigenvalue weighted by atomic mass is 16.5. The highest BCUT2D eigenvalue weighted by Gasteiger charge is 2.23. The van der Waals surface area contributed by atoms with Crippen LogP contribution in [0.25, 0.3) is 0 Å². The highest BCUT2D eigenvalue weighted by Crippen LogP contribution is 2.24. The van der Waals surface area contributed by atoms with Crippen molar-refractivity contribution in [2.75, 3.05) is 53.0 Å². The first-order chi connectivity index (χ1) is 15.8. The summed E-state index contributed by atoms with van der Waals surface area (Å²) in [4.78, 5) is 9.55. The average molecular weight is 436 g/mol. The fourth-order valence-corrected chi connectivity index (χ4v) is 4.66. The topological polar surface area (TPSA) is 52.1 Å². The summed E-state index contributed by atoms with van der Waals surface area (Å²) >= 11 is 0. The molecular weight excluding hydrogens is 398 g/mol. The van der Waals surface area contributed by atoms with Crippen LogP contribution in [-0.2, 0) is 17.8 Å². The lowest BCUT2D eigenvalue weighted by Crippen LogP contribution is -2.42. The van der Waals surface area contributed by atoms with E-state index in [1.165, 1.54) is 42.6 Å². The van der Waals surface area contributed by atoms with Gasteiger partial charge >= 0.3 is 0 Å². The summed E-state index contributed by atoms with van der Waals surface area (Å²) in [5.41, 5.74) is 4.06. The first kappa shape index (κ1) is 22.8. The lowest BCUT2D eigenvalue weighted by atomic mass is 10.1. The van der Waals surface area contributed by atoms with Gasteiger partial charge in [-0.15, -0.1) is 0 Å². The predicted octanol–water partition coefficient (Wildman–Crippen LogP) is 3.02. The SMILES string of the molecule is CN=C(NCc1ccccc1CN1CCOCC1)NCC(c1ccccc1)N1CCCC1. The van der Waals surface area contributed by atoms with Gasteiger partial charge in [0, 0.05) is 39.8 Å². The number of aliphatic imine (C=N–C) groups is 1. The van der Waals surface area contributed by atoms with Crippen molar-refractivity contribution in [3.8, 4) is 0 Å². The van der Waals surface area contributed by atoms with Crippen LogP contribution in [0.3, 0.4) is 0 Å². The van der Waals surface area contributed by atoms with E-state index in [0.29, 0.717) is 6.04 Å². The van der Waals surface area contributed by atoms with E-state index in [1.807, 2.05) is 7.05 Å². The first-order valence-electron chi connectivity index (χ1n) is 11.9. The molecule has 1 unspecified atom stereocenters. The van der Waals surface area contributed by atoms with Crippen LogP contribution in [-0.4, -0.2) is 68.7 Å². The van der Waals surface area contributed by atoms with E-state index in [2.05, 4.69) is 80.0 Å². The molecule has 0 aliphatic carbocycles. The number of ether oxygens (including phenoxy) is 1. The van der Waals surface area contributed by atoms with Crippen LogP contribution in [0.5, 0.6) is 0 Å². The minimum absolute atomic E-state index is 0.367. The standard InChI is InChI=1S/C26H37N5O/c1-27-26(29-20-25(31-13-7-8-14-31)22-9-3-2-4-10-22)28-19-23-11-5-6-12-24(23)21-30-15-17-32-18-16-30/h2-6,9-12,25H,7-8,13-21H2,1H3,(H2,27,28,29). The summed E-state index contributed by atoms with van der Waals surface area (Å²) < 4.78 is 5.49. The average Bonchev–Trinajstić information content (AvgIpc) is 3.38. The first-order valence-corrected chi connectivity index (χ1v) is 11.9. The number of benzene rings is 2. The second-order valence-electron chi connectivity index (χ2n) is 8.63. The van der Waals surface area contributed by atoms with Crippen molar-refractivity contribution >= 4 is 5.96 Å². The molecule has 2 heterocycles. The zero-order valence-corrected chi connectivity index (χ0v) is 19.3. The summed E-state index contributed by atoms with van der Waals surface area (Å²) in [6.07, 6.45) is 2.58. The van der Waals surface area contributed by atoms with E-state index in [-0.39, 0.29) is 0 Å². The molecule has 2 saturated heterocycles. The fraction of sp³-hybridized carbons (Fsp3) is 0.500. The van der Waals surface area contributed by atoms with E-state index < -0.39 is 0 Å². The van der Waals surface area contributed by atoms with Gasteiger partial charge in [-0.05, 0) is 42.6 Å². The molecule has 6 nitrogen and oxygen atoms in total. The van der Waals surface area contributed by atoms with Gasteiger partial charge in [0.05, 0.1) is 19.3 Å². The Hall–Kier alpha value is -2.41. The minimum Gasteiger partial charge on any atom is -0.379 e. The molecule has 32 heavy (non-hydrogen) atoms. The molecule has 0 radical (unpaired) electrons. The third kappa shape index (κ3) is 6.31. The Labute approximate surface area is 192 Å². The third-order valence-electron chi connectivity index (χ3n) is 6.51. The van der Waals surface area contributed by atoms with Gasteiger partial charge in [-0.25, -0.2) is 0 Å². The van der Waals surface area contributed by atoms with Gasteiger partial charge in [0.2, 0.25) is 0 Å². The Morgan fingerprint density at radius 2 is 1.59 bits per heavy atom. The monoisotopic (exact) mass is 435 g/mol. The van der Waals surface area contributed by atoms with Gasteiger partial charge in [0.25, 0.3) is 0 Å². The number of likely N-dealkylation sites (tertiary alicyclic amines) is 1. The van der Waals surface area contributed by atoms with Gasteiger partial charge in [0.15, 0.2) is 5.96 Å². The molecule has 2 fully saturated rings. The van der Waals surface area contributed by atoms with Gasteiger partial charge in [-0.1, -0.05) is 54.6 Å². The number of guanidine groups is 1. The molecule has 2 aliphatic heterocycles. The number of rotatable bonds is 8. The molecule has 2 aromatic carbocycles. The molecule has 0 spiro atoms. The number of nitrogens with one attached hydrogen (secondary N) is 2. The van der Waals surface area contributed by atoms with Crippen molar-refractivity contribution < 1.29 is 4.74 Å². The second-order valence-corrected chi connectivity index (χ2v) is 8.63. The summed E-state index contributed by atoms with van der Waals surface area (Å²) in [7, 11) is 1.85. The Bertz CT molecular complexity index is 844. The van der Waals surface area contributed by atoms with Crippen LogP contribution in [0.1, 0.15) is 35.6 Å². The van der Waals surface area contributed by atoms with E-state index in [4.69, 9.17) is 4.74 Å². The maximum absolute atomic E-state index is 5.49. The molecule has 4 rings (SSSR count). The highest BCUT2D eigenvalue weighted by molar-refractivity contribution is 5.79. The third-order valence-corrected chi connectivity index (χ3v) is 6.51. The number of nitrogens with zero attached hydrogens (tertiary/aromatic N) is 3. The normalized spacial score (nSPS) is 19.1. The van der Waals surface area contributed by atoms with Gasteiger partial charge in [-0.2, -0.15) is 0 Å². The van der Waals surface area contributed by atoms with Gasteiger partial charge in [-0.3, -0.25) is 14.8 Å². The Balaban J connectivity index is 1.34. The summed E-state index contributed by atoms with van der Waals surface area (Å²) in [5.74, 6) is 0.853. The van der Waals surface area contributed by atoms with Crippen molar-refractivity contribution in [2.45, 2.75) is 32.0 Å². The molecule has 172 valence electrons. The maximum atomic E-state index is 5.49. The second kappa shape index (κ2) is 12.0. The zero-order chi connectivity index (χ0) is 22.0. The van der Waals surface area contributed by atoms with Gasteiger partial charge in [0.1, 0.15) is 0 Å². The van der Waals surface area contributed by atoms with Crippen LogP contribution in [0.15, 0.2) is 59.6 Å². The quantitative estimate of drug-likeness (QED) is 0.493. The Morgan fingerprint density at radius 1 is 0.906 bits per heavy atom. The number of hydrogen-bond acceptors (Lipinski definition) is 4. The van der Waals surface area contributed by atoms with Crippen molar-refractivity contribution in [3.05, 3.63) is 71.3 Å². The summed E-state index contributed by atoms with van der Waals surface area (Å²) in [5, 5.41) is 7.12. The zero-order valence-electron chi connectivity index (χ0n) is 19.3. The van der Waals surface area contributed by atoms with Crippen molar-refractivity contribution in [1.82, 2.24) is 20.4 Å². The molecule has 2 aliphatic rings. The maximum Gasteiger partial charge on any atom is 0.191 e. The van der Waals surface area contributed by atoms with Crippen LogP contribution in [0.4, 0.5) is 0 Å².